The van der Waals surface area contributed by atoms with Crippen LogP contribution in [0.5, 0.6) is 0 Å². The van der Waals surface area contributed by atoms with Gasteiger partial charge in [0.2, 0.25) is 0 Å². The van der Waals surface area contributed by atoms with Crippen molar-refractivity contribution in [2.24, 2.45) is 0 Å². The lowest BCUT2D eigenvalue weighted by atomic mass is 9.94. The quantitative estimate of drug-likeness (QED) is 0.644. The molecular formula is C15H18. The highest BCUT2D eigenvalue weighted by atomic mass is 14.3. The summed E-state index contributed by atoms with van der Waals surface area (Å²) in [4.78, 5) is 0. The largest absolute Gasteiger partial charge is 0.115 e. The molecule has 0 aromatic heterocycles. The van der Waals surface area contributed by atoms with Crippen molar-refractivity contribution in [3.63, 3.8) is 0 Å². The van der Waals surface area contributed by atoms with Crippen LogP contribution < -0.4 is 0 Å². The predicted octanol–water partition coefficient (Wildman–Crippen LogP) is 3.89. The smallest absolute Gasteiger partial charge is 0.0280 e. The van der Waals surface area contributed by atoms with Gasteiger partial charge >= 0.3 is 0 Å². The molecule has 1 aromatic carbocycles. The van der Waals surface area contributed by atoms with Gasteiger partial charge in [-0.15, -0.1) is 6.42 Å². The summed E-state index contributed by atoms with van der Waals surface area (Å²) < 4.78 is 0. The van der Waals surface area contributed by atoms with E-state index in [4.69, 9.17) is 6.42 Å². The molecule has 0 saturated heterocycles. The second-order valence-electron chi connectivity index (χ2n) is 4.40. The van der Waals surface area contributed by atoms with Gasteiger partial charge in [-0.3, -0.25) is 0 Å². The first-order chi connectivity index (χ1) is 7.36. The first kappa shape index (κ1) is 10.3. The maximum absolute atomic E-state index is 5.56. The molecule has 0 heterocycles. The van der Waals surface area contributed by atoms with E-state index in [1.807, 2.05) is 0 Å². The molecule has 0 atom stereocenters. The monoisotopic (exact) mass is 198 g/mol. The molecule has 0 radical (unpaired) electrons. The molecule has 1 aliphatic rings. The van der Waals surface area contributed by atoms with Crippen molar-refractivity contribution in [1.82, 2.24) is 0 Å². The summed E-state index contributed by atoms with van der Waals surface area (Å²) in [6.45, 7) is 2.24. The Hall–Kier alpha value is -1.22. The Labute approximate surface area is 92.7 Å². The molecular weight excluding hydrogens is 180 g/mol. The van der Waals surface area contributed by atoms with Gasteiger partial charge in [-0.05, 0) is 48.8 Å². The summed E-state index contributed by atoms with van der Waals surface area (Å²) in [7, 11) is 0. The van der Waals surface area contributed by atoms with Gasteiger partial charge in [0.05, 0.1) is 0 Å². The van der Waals surface area contributed by atoms with Crippen molar-refractivity contribution in [3.8, 4) is 12.3 Å². The third-order valence-electron chi connectivity index (χ3n) is 3.14. The van der Waals surface area contributed by atoms with E-state index < -0.39 is 0 Å². The third-order valence-corrected chi connectivity index (χ3v) is 3.14. The zero-order valence-corrected chi connectivity index (χ0v) is 9.42. The SMILES string of the molecule is C#Cc1cccc(CCCC)c1C1CC1. The molecule has 1 fully saturated rings. The number of aryl methyl sites for hydroxylation is 1. The van der Waals surface area contributed by atoms with Crippen molar-refractivity contribution in [2.75, 3.05) is 0 Å². The van der Waals surface area contributed by atoms with Crippen molar-refractivity contribution in [3.05, 3.63) is 34.9 Å². The van der Waals surface area contributed by atoms with Gasteiger partial charge in [0.25, 0.3) is 0 Å². The highest BCUT2D eigenvalue weighted by Gasteiger charge is 2.27. The van der Waals surface area contributed by atoms with E-state index in [1.54, 1.807) is 0 Å². The Kier molecular flexibility index (Phi) is 3.11. The molecule has 1 aromatic rings. The molecule has 0 unspecified atom stereocenters. The molecule has 0 bridgehead atoms. The fourth-order valence-electron chi connectivity index (χ4n) is 2.18. The molecule has 0 nitrogen and oxygen atoms in total. The third kappa shape index (κ3) is 2.23. The van der Waals surface area contributed by atoms with Crippen molar-refractivity contribution in [1.29, 1.82) is 0 Å². The molecule has 78 valence electrons. The van der Waals surface area contributed by atoms with Gasteiger partial charge in [0.1, 0.15) is 0 Å². The van der Waals surface area contributed by atoms with Crippen molar-refractivity contribution < 1.29 is 0 Å². The van der Waals surface area contributed by atoms with E-state index in [0.29, 0.717) is 0 Å². The molecule has 15 heavy (non-hydrogen) atoms. The normalized spacial score (nSPS) is 14.9. The maximum Gasteiger partial charge on any atom is 0.0280 e. The topological polar surface area (TPSA) is 0 Å². The second kappa shape index (κ2) is 4.53. The minimum atomic E-state index is 0.768. The first-order valence-corrected chi connectivity index (χ1v) is 5.95. The van der Waals surface area contributed by atoms with Crippen LogP contribution in [0.2, 0.25) is 0 Å². The number of benzene rings is 1. The summed E-state index contributed by atoms with van der Waals surface area (Å²) in [5.41, 5.74) is 4.11. The predicted molar refractivity (Wildman–Crippen MR) is 65.0 cm³/mol. The average molecular weight is 198 g/mol. The fraction of sp³-hybridized carbons (Fsp3) is 0.467. The first-order valence-electron chi connectivity index (χ1n) is 5.95. The number of rotatable bonds is 4. The molecule has 0 aliphatic heterocycles. The Bertz CT molecular complexity index is 378. The van der Waals surface area contributed by atoms with E-state index in [2.05, 4.69) is 31.0 Å². The minimum Gasteiger partial charge on any atom is -0.115 e. The molecule has 0 spiro atoms. The Morgan fingerprint density at radius 1 is 1.40 bits per heavy atom. The number of unbranched alkanes of at least 4 members (excludes halogenated alkanes) is 1. The van der Waals surface area contributed by atoms with Gasteiger partial charge in [0.15, 0.2) is 0 Å². The summed E-state index contributed by atoms with van der Waals surface area (Å²) in [6.07, 6.45) is 11.9. The van der Waals surface area contributed by atoms with Gasteiger partial charge in [0, 0.05) is 5.56 Å². The van der Waals surface area contributed by atoms with Crippen molar-refractivity contribution in [2.45, 2.75) is 44.9 Å². The number of hydrogen-bond acceptors (Lipinski definition) is 0. The molecule has 1 saturated carbocycles. The standard InChI is InChI=1S/C15H18/c1-3-5-7-13-9-6-8-12(4-2)15(13)14-10-11-14/h2,6,8-9,14H,3,5,7,10-11H2,1H3. The van der Waals surface area contributed by atoms with Crippen LogP contribution in [0.15, 0.2) is 18.2 Å². The number of hydrogen-bond donors (Lipinski definition) is 0. The molecule has 0 amide bonds. The van der Waals surface area contributed by atoms with E-state index in [0.717, 1.165) is 11.5 Å². The van der Waals surface area contributed by atoms with E-state index in [9.17, 15) is 0 Å². The van der Waals surface area contributed by atoms with Crippen molar-refractivity contribution >= 4 is 0 Å². The van der Waals surface area contributed by atoms with Crippen LogP contribution in [0.4, 0.5) is 0 Å². The van der Waals surface area contributed by atoms with Crippen LogP contribution in [0, 0.1) is 12.3 Å². The Balaban J connectivity index is 2.31. The Morgan fingerprint density at radius 2 is 2.20 bits per heavy atom. The lowest BCUT2D eigenvalue weighted by molar-refractivity contribution is 0.786. The summed E-state index contributed by atoms with van der Waals surface area (Å²) in [5, 5.41) is 0. The summed E-state index contributed by atoms with van der Waals surface area (Å²) in [5.74, 6) is 3.60. The molecule has 1 aliphatic carbocycles. The van der Waals surface area contributed by atoms with Crippen LogP contribution in [0.25, 0.3) is 0 Å². The van der Waals surface area contributed by atoms with Crippen LogP contribution in [-0.2, 0) is 6.42 Å². The van der Waals surface area contributed by atoms with Gasteiger partial charge in [-0.25, -0.2) is 0 Å². The summed E-state index contributed by atoms with van der Waals surface area (Å²) in [6, 6.07) is 6.44. The molecule has 0 heteroatoms. The molecule has 0 N–H and O–H groups in total. The fourth-order valence-corrected chi connectivity index (χ4v) is 2.18. The second-order valence-corrected chi connectivity index (χ2v) is 4.40. The average Bonchev–Trinajstić information content (AvgIpc) is 3.09. The van der Waals surface area contributed by atoms with Gasteiger partial charge < -0.3 is 0 Å². The molecule has 2 rings (SSSR count). The maximum atomic E-state index is 5.56. The van der Waals surface area contributed by atoms with E-state index in [-0.39, 0.29) is 0 Å². The minimum absolute atomic E-state index is 0.768. The lowest BCUT2D eigenvalue weighted by Crippen LogP contribution is -1.96. The van der Waals surface area contributed by atoms with Crippen LogP contribution >= 0.6 is 0 Å². The summed E-state index contributed by atoms with van der Waals surface area (Å²) >= 11 is 0. The van der Waals surface area contributed by atoms with Gasteiger partial charge in [-0.2, -0.15) is 0 Å². The highest BCUT2D eigenvalue weighted by Crippen LogP contribution is 2.43. The Morgan fingerprint density at radius 3 is 2.80 bits per heavy atom. The van der Waals surface area contributed by atoms with Gasteiger partial charge in [-0.1, -0.05) is 31.4 Å². The van der Waals surface area contributed by atoms with Crippen LogP contribution in [0.1, 0.15) is 55.2 Å². The number of terminal acetylenes is 1. The lowest BCUT2D eigenvalue weighted by Gasteiger charge is -2.10. The van der Waals surface area contributed by atoms with E-state index in [1.165, 1.54) is 43.2 Å². The van der Waals surface area contributed by atoms with E-state index >= 15 is 0 Å². The van der Waals surface area contributed by atoms with Crippen LogP contribution in [-0.4, -0.2) is 0 Å². The highest BCUT2D eigenvalue weighted by molar-refractivity contribution is 5.48. The zero-order valence-electron chi connectivity index (χ0n) is 9.42. The van der Waals surface area contributed by atoms with Crippen LogP contribution in [0.3, 0.4) is 0 Å². The zero-order chi connectivity index (χ0) is 10.7.